The van der Waals surface area contributed by atoms with Crippen LogP contribution in [0.2, 0.25) is 0 Å². The van der Waals surface area contributed by atoms with Crippen LogP contribution < -0.4 is 5.32 Å². The van der Waals surface area contributed by atoms with Gasteiger partial charge in [0.05, 0.1) is 5.54 Å². The van der Waals surface area contributed by atoms with Crippen LogP contribution in [0.25, 0.3) is 20.2 Å². The lowest BCUT2D eigenvalue weighted by Gasteiger charge is -2.29. The minimum Gasteiger partial charge on any atom is -0.375 e. The zero-order valence-corrected chi connectivity index (χ0v) is 12.6. The van der Waals surface area contributed by atoms with E-state index in [0.717, 1.165) is 0 Å². The molecule has 1 nitrogen and oxygen atoms in total. The van der Waals surface area contributed by atoms with Gasteiger partial charge in [0, 0.05) is 31.8 Å². The number of fused-ring (bicyclic) bond motifs is 6. The Morgan fingerprint density at radius 3 is 2.90 bits per heavy atom. The average Bonchev–Trinajstić information content (AvgIpc) is 2.98. The lowest BCUT2D eigenvalue weighted by molar-refractivity contribution is 0.596. The van der Waals surface area contributed by atoms with E-state index in [9.17, 15) is 0 Å². The van der Waals surface area contributed by atoms with Crippen LogP contribution in [-0.2, 0) is 0 Å². The summed E-state index contributed by atoms with van der Waals surface area (Å²) in [4.78, 5) is 0. The van der Waals surface area contributed by atoms with Crippen molar-refractivity contribution >= 4 is 37.2 Å². The van der Waals surface area contributed by atoms with Gasteiger partial charge in [0.15, 0.2) is 0 Å². The topological polar surface area (TPSA) is 12.0 Å². The fourth-order valence-electron chi connectivity index (χ4n) is 3.72. The number of hydrogen-bond donors (Lipinski definition) is 1. The molecule has 1 aliphatic heterocycles. The third-order valence-corrected chi connectivity index (χ3v) is 5.92. The summed E-state index contributed by atoms with van der Waals surface area (Å²) in [5.74, 6) is 0.437. The molecular weight excluding hydrogens is 274 g/mol. The van der Waals surface area contributed by atoms with Gasteiger partial charge in [-0.2, -0.15) is 0 Å². The van der Waals surface area contributed by atoms with Crippen LogP contribution in [0.4, 0.5) is 5.69 Å². The lowest BCUT2D eigenvalue weighted by Crippen LogP contribution is -2.33. The van der Waals surface area contributed by atoms with Crippen LogP contribution in [0.15, 0.2) is 60.7 Å². The number of thiophene rings is 1. The second kappa shape index (κ2) is 3.77. The molecule has 2 heteroatoms. The monoisotopic (exact) mass is 289 g/mol. The third-order valence-electron chi connectivity index (χ3n) is 4.79. The standard InChI is InChI=1S/C19H15NS/c1-19-9-5-4-7-15(19)14-11-18-13(10-16(14)20-19)12-6-2-3-8-17(12)21-18/h2-11,15,20H,1H3. The van der Waals surface area contributed by atoms with Crippen LogP contribution in [0.3, 0.4) is 0 Å². The van der Waals surface area contributed by atoms with Crippen molar-refractivity contribution < 1.29 is 0 Å². The maximum atomic E-state index is 3.73. The minimum atomic E-state index is 0.0242. The van der Waals surface area contributed by atoms with Gasteiger partial charge in [0.1, 0.15) is 0 Å². The molecule has 1 aromatic heterocycles. The highest BCUT2D eigenvalue weighted by Gasteiger charge is 2.40. The van der Waals surface area contributed by atoms with Gasteiger partial charge in [0.2, 0.25) is 0 Å². The van der Waals surface area contributed by atoms with E-state index in [-0.39, 0.29) is 5.54 Å². The van der Waals surface area contributed by atoms with Crippen LogP contribution in [0.5, 0.6) is 0 Å². The van der Waals surface area contributed by atoms with E-state index >= 15 is 0 Å². The second-order valence-electron chi connectivity index (χ2n) is 6.16. The molecule has 1 aliphatic carbocycles. The highest BCUT2D eigenvalue weighted by molar-refractivity contribution is 7.25. The smallest absolute Gasteiger partial charge is 0.0635 e. The van der Waals surface area contributed by atoms with Crippen molar-refractivity contribution in [1.29, 1.82) is 0 Å². The first-order valence-electron chi connectivity index (χ1n) is 7.34. The fraction of sp³-hybridized carbons (Fsp3) is 0.158. The van der Waals surface area contributed by atoms with Gasteiger partial charge in [0.25, 0.3) is 0 Å². The van der Waals surface area contributed by atoms with E-state index in [1.807, 2.05) is 11.3 Å². The van der Waals surface area contributed by atoms with Gasteiger partial charge in [-0.1, -0.05) is 42.5 Å². The van der Waals surface area contributed by atoms with Crippen LogP contribution in [0, 0.1) is 0 Å². The summed E-state index contributed by atoms with van der Waals surface area (Å²) in [6, 6.07) is 13.4. The first kappa shape index (κ1) is 11.6. The summed E-state index contributed by atoms with van der Waals surface area (Å²) in [7, 11) is 0. The number of anilines is 1. The van der Waals surface area contributed by atoms with Gasteiger partial charge >= 0.3 is 0 Å². The molecule has 0 radical (unpaired) electrons. The van der Waals surface area contributed by atoms with E-state index in [1.165, 1.54) is 31.4 Å². The van der Waals surface area contributed by atoms with Gasteiger partial charge in [-0.15, -0.1) is 11.3 Å². The molecule has 1 N–H and O–H groups in total. The van der Waals surface area contributed by atoms with Crippen molar-refractivity contribution in [3.8, 4) is 0 Å². The average molecular weight is 289 g/mol. The summed E-state index contributed by atoms with van der Waals surface area (Å²) in [5, 5.41) is 6.47. The maximum absolute atomic E-state index is 3.73. The fourth-order valence-corrected chi connectivity index (χ4v) is 4.86. The summed E-state index contributed by atoms with van der Waals surface area (Å²) < 4.78 is 2.77. The van der Waals surface area contributed by atoms with Crippen molar-refractivity contribution in [2.24, 2.45) is 0 Å². The molecule has 102 valence electrons. The Bertz CT molecular complexity index is 947. The molecule has 21 heavy (non-hydrogen) atoms. The zero-order chi connectivity index (χ0) is 14.0. The molecule has 2 heterocycles. The van der Waals surface area contributed by atoms with Crippen molar-refractivity contribution in [2.45, 2.75) is 18.4 Å². The first-order chi connectivity index (χ1) is 10.2. The van der Waals surface area contributed by atoms with Crippen LogP contribution in [-0.4, -0.2) is 5.54 Å². The molecule has 0 saturated carbocycles. The third kappa shape index (κ3) is 1.46. The number of benzene rings is 2. The van der Waals surface area contributed by atoms with Gasteiger partial charge in [-0.05, 0) is 30.7 Å². The summed E-state index contributed by atoms with van der Waals surface area (Å²) in [5.41, 5.74) is 2.74. The molecule has 0 saturated heterocycles. The number of rotatable bonds is 0. The van der Waals surface area contributed by atoms with E-state index < -0.39 is 0 Å². The van der Waals surface area contributed by atoms with Crippen molar-refractivity contribution in [2.75, 3.05) is 5.32 Å². The number of allylic oxidation sites excluding steroid dienone is 2. The normalized spacial score (nSPS) is 26.0. The van der Waals surface area contributed by atoms with Crippen LogP contribution >= 0.6 is 11.3 Å². The molecule has 5 rings (SSSR count). The van der Waals surface area contributed by atoms with E-state index in [4.69, 9.17) is 0 Å². The quantitative estimate of drug-likeness (QED) is 0.580. The van der Waals surface area contributed by atoms with Crippen molar-refractivity contribution in [3.05, 3.63) is 66.3 Å². The Morgan fingerprint density at radius 1 is 1.05 bits per heavy atom. The Balaban J connectivity index is 1.82. The Morgan fingerprint density at radius 2 is 1.95 bits per heavy atom. The molecule has 0 spiro atoms. The van der Waals surface area contributed by atoms with Crippen molar-refractivity contribution in [1.82, 2.24) is 0 Å². The molecule has 3 aromatic rings. The number of nitrogens with one attached hydrogen (secondary N) is 1. The highest BCUT2D eigenvalue weighted by Crippen LogP contribution is 2.49. The summed E-state index contributed by atoms with van der Waals surface area (Å²) in [6.45, 7) is 2.28. The Hall–Kier alpha value is -2.06. The molecule has 2 aliphatic rings. The molecule has 0 bridgehead atoms. The largest absolute Gasteiger partial charge is 0.375 e. The molecule has 2 unspecified atom stereocenters. The molecule has 0 amide bonds. The second-order valence-corrected chi connectivity index (χ2v) is 7.25. The first-order valence-corrected chi connectivity index (χ1v) is 8.16. The van der Waals surface area contributed by atoms with Gasteiger partial charge < -0.3 is 5.32 Å². The van der Waals surface area contributed by atoms with E-state index in [2.05, 4.69) is 72.9 Å². The molecule has 0 fully saturated rings. The van der Waals surface area contributed by atoms with Crippen LogP contribution in [0.1, 0.15) is 18.4 Å². The Kier molecular flexibility index (Phi) is 2.08. The minimum absolute atomic E-state index is 0.0242. The predicted molar refractivity (Wildman–Crippen MR) is 92.4 cm³/mol. The van der Waals surface area contributed by atoms with E-state index in [1.54, 1.807) is 0 Å². The van der Waals surface area contributed by atoms with Crippen molar-refractivity contribution in [3.63, 3.8) is 0 Å². The summed E-state index contributed by atoms with van der Waals surface area (Å²) in [6.07, 6.45) is 8.91. The van der Waals surface area contributed by atoms with E-state index in [0.29, 0.717) is 5.92 Å². The van der Waals surface area contributed by atoms with Gasteiger partial charge in [-0.3, -0.25) is 0 Å². The Labute approximate surface area is 127 Å². The zero-order valence-electron chi connectivity index (χ0n) is 11.8. The predicted octanol–water partition coefficient (Wildman–Crippen LogP) is 5.45. The molecule has 2 atom stereocenters. The summed E-state index contributed by atoms with van der Waals surface area (Å²) >= 11 is 1.90. The highest BCUT2D eigenvalue weighted by atomic mass is 32.1. The maximum Gasteiger partial charge on any atom is 0.0635 e. The molecular formula is C19H15NS. The molecule has 2 aromatic carbocycles. The number of hydrogen-bond acceptors (Lipinski definition) is 2. The van der Waals surface area contributed by atoms with Gasteiger partial charge in [-0.25, -0.2) is 0 Å². The lowest BCUT2D eigenvalue weighted by atomic mass is 9.81. The SMILES string of the molecule is CC12C=CC=CC1c1cc3sc4ccccc4c3cc1N2.